The number of hydrogen-bond donors (Lipinski definition) is 1. The quantitative estimate of drug-likeness (QED) is 0.584. The summed E-state index contributed by atoms with van der Waals surface area (Å²) in [5, 5.41) is 8.39. The van der Waals surface area contributed by atoms with Gasteiger partial charge in [0.2, 0.25) is 11.8 Å². The maximum absolute atomic E-state index is 13.2. The van der Waals surface area contributed by atoms with Gasteiger partial charge in [-0.25, -0.2) is 13.1 Å². The lowest BCUT2D eigenvalue weighted by atomic mass is 10.1. The van der Waals surface area contributed by atoms with Crippen molar-refractivity contribution < 1.29 is 18.0 Å². The Balaban J connectivity index is 1.43. The summed E-state index contributed by atoms with van der Waals surface area (Å²) in [7, 11) is -3.32. The number of amides is 2. The molecule has 1 N–H and O–H groups in total. The molecule has 1 aromatic heterocycles. The van der Waals surface area contributed by atoms with E-state index in [1.54, 1.807) is 53.4 Å². The smallest absolute Gasteiger partial charge is 0.230 e. The highest BCUT2D eigenvalue weighted by Gasteiger charge is 2.38. The standard InChI is InChI=1S/C22H18Cl2N4O4S/c23-14-1-5-16(6-2-14)27-10-13(9-20(27)29)22(30)25-21-18-11-33(31,32)12-19(18)26-28(21)17-7-3-15(24)4-8-17/h1-8,13H,9-12H2,(H,25,30). The first-order valence-electron chi connectivity index (χ1n) is 10.1. The van der Waals surface area contributed by atoms with Crippen LogP contribution in [0.1, 0.15) is 17.7 Å². The molecule has 11 heteroatoms. The zero-order valence-electron chi connectivity index (χ0n) is 17.2. The van der Waals surface area contributed by atoms with E-state index in [0.717, 1.165) is 0 Å². The van der Waals surface area contributed by atoms with Crippen molar-refractivity contribution >= 4 is 56.4 Å². The molecule has 2 amide bonds. The fraction of sp³-hybridized carbons (Fsp3) is 0.227. The van der Waals surface area contributed by atoms with Crippen LogP contribution in [-0.2, 0) is 30.9 Å². The lowest BCUT2D eigenvalue weighted by molar-refractivity contribution is -0.122. The number of aromatic nitrogens is 2. The normalized spacial score (nSPS) is 19.0. The second-order valence-electron chi connectivity index (χ2n) is 8.07. The lowest BCUT2D eigenvalue weighted by Gasteiger charge is -2.17. The molecule has 0 aliphatic carbocycles. The van der Waals surface area contributed by atoms with Crippen molar-refractivity contribution in [3.8, 4) is 5.69 Å². The van der Waals surface area contributed by atoms with Gasteiger partial charge in [0.15, 0.2) is 9.84 Å². The molecule has 2 aliphatic heterocycles. The summed E-state index contributed by atoms with van der Waals surface area (Å²) in [6.45, 7) is 0.210. The van der Waals surface area contributed by atoms with Crippen molar-refractivity contribution in [1.82, 2.24) is 9.78 Å². The van der Waals surface area contributed by atoms with Crippen LogP contribution in [-0.4, -0.2) is 36.6 Å². The van der Waals surface area contributed by atoms with Gasteiger partial charge in [-0.2, -0.15) is 5.10 Å². The predicted molar refractivity (Wildman–Crippen MR) is 125 cm³/mol. The van der Waals surface area contributed by atoms with Crippen LogP contribution in [0.5, 0.6) is 0 Å². The maximum atomic E-state index is 13.2. The topological polar surface area (TPSA) is 101 Å². The maximum Gasteiger partial charge on any atom is 0.230 e. The molecule has 0 bridgehead atoms. The fourth-order valence-corrected chi connectivity index (χ4v) is 5.86. The van der Waals surface area contributed by atoms with Crippen LogP contribution >= 0.6 is 23.2 Å². The van der Waals surface area contributed by atoms with Gasteiger partial charge in [0.25, 0.3) is 0 Å². The third-order valence-electron chi connectivity index (χ3n) is 5.73. The van der Waals surface area contributed by atoms with Crippen LogP contribution in [0.3, 0.4) is 0 Å². The van der Waals surface area contributed by atoms with Gasteiger partial charge in [0.1, 0.15) is 5.82 Å². The summed E-state index contributed by atoms with van der Waals surface area (Å²) in [5.41, 5.74) is 2.17. The number of benzene rings is 2. The molecule has 1 fully saturated rings. The summed E-state index contributed by atoms with van der Waals surface area (Å²) >= 11 is 11.9. The van der Waals surface area contributed by atoms with Crippen molar-refractivity contribution in [3.63, 3.8) is 0 Å². The number of nitrogens with zero attached hydrogens (tertiary/aromatic N) is 3. The van der Waals surface area contributed by atoms with Crippen molar-refractivity contribution in [2.45, 2.75) is 17.9 Å². The molecule has 2 aliphatic rings. The van der Waals surface area contributed by atoms with E-state index in [-0.39, 0.29) is 36.3 Å². The first-order chi connectivity index (χ1) is 15.7. The van der Waals surface area contributed by atoms with E-state index in [1.807, 2.05) is 0 Å². The third-order valence-corrected chi connectivity index (χ3v) is 7.68. The number of carbonyl (C=O) groups is 2. The van der Waals surface area contributed by atoms with E-state index < -0.39 is 15.8 Å². The van der Waals surface area contributed by atoms with Gasteiger partial charge in [0, 0.05) is 34.3 Å². The molecule has 1 saturated heterocycles. The van der Waals surface area contributed by atoms with Gasteiger partial charge in [-0.1, -0.05) is 23.2 Å². The highest BCUT2D eigenvalue weighted by atomic mass is 35.5. The van der Waals surface area contributed by atoms with Crippen LogP contribution in [0.25, 0.3) is 5.69 Å². The van der Waals surface area contributed by atoms with E-state index in [1.165, 1.54) is 4.68 Å². The van der Waals surface area contributed by atoms with Gasteiger partial charge in [-0.15, -0.1) is 0 Å². The molecule has 1 atom stereocenters. The molecule has 0 spiro atoms. The fourth-order valence-electron chi connectivity index (χ4n) is 4.11. The Kier molecular flexibility index (Phi) is 5.43. The number of sulfone groups is 1. The van der Waals surface area contributed by atoms with Gasteiger partial charge < -0.3 is 10.2 Å². The van der Waals surface area contributed by atoms with Crippen molar-refractivity contribution in [2.75, 3.05) is 16.8 Å². The SMILES string of the molecule is O=C(Nc1c2c(nn1-c1ccc(Cl)cc1)CS(=O)(=O)C2)C1CC(=O)N(c2ccc(Cl)cc2)C1. The Morgan fingerprint density at radius 2 is 1.58 bits per heavy atom. The highest BCUT2D eigenvalue weighted by molar-refractivity contribution is 7.90. The molecule has 33 heavy (non-hydrogen) atoms. The number of halogens is 2. The van der Waals surface area contributed by atoms with Crippen LogP contribution in [0.15, 0.2) is 48.5 Å². The highest BCUT2D eigenvalue weighted by Crippen LogP contribution is 2.34. The monoisotopic (exact) mass is 504 g/mol. The molecule has 3 heterocycles. The average molecular weight is 505 g/mol. The zero-order valence-corrected chi connectivity index (χ0v) is 19.5. The van der Waals surface area contributed by atoms with E-state index in [0.29, 0.717) is 38.5 Å². The molecule has 0 saturated carbocycles. The Morgan fingerprint density at radius 3 is 2.21 bits per heavy atom. The molecule has 8 nitrogen and oxygen atoms in total. The first-order valence-corrected chi connectivity index (χ1v) is 12.7. The van der Waals surface area contributed by atoms with Crippen molar-refractivity contribution in [3.05, 3.63) is 69.8 Å². The van der Waals surface area contributed by atoms with Crippen LogP contribution in [0, 0.1) is 5.92 Å². The number of fused-ring (bicyclic) bond motifs is 1. The molecule has 1 unspecified atom stereocenters. The third kappa shape index (κ3) is 4.23. The van der Waals surface area contributed by atoms with E-state index in [2.05, 4.69) is 10.4 Å². The Morgan fingerprint density at radius 1 is 0.970 bits per heavy atom. The summed E-state index contributed by atoms with van der Waals surface area (Å²) < 4.78 is 25.8. The Bertz CT molecular complexity index is 1370. The summed E-state index contributed by atoms with van der Waals surface area (Å²) in [6, 6.07) is 13.7. The molecule has 3 aromatic rings. The number of anilines is 2. The van der Waals surface area contributed by atoms with Crippen LogP contribution < -0.4 is 10.2 Å². The van der Waals surface area contributed by atoms with Gasteiger partial charge in [0.05, 0.1) is 28.8 Å². The minimum atomic E-state index is -3.32. The second-order valence-corrected chi connectivity index (χ2v) is 11.0. The Labute approximate surface area is 200 Å². The molecular formula is C22H18Cl2N4O4S. The lowest BCUT2D eigenvalue weighted by Crippen LogP contribution is -2.29. The average Bonchev–Trinajstić information content (AvgIpc) is 3.40. The first kappa shape index (κ1) is 21.9. The minimum absolute atomic E-state index is 0.0457. The summed E-state index contributed by atoms with van der Waals surface area (Å²) in [6.07, 6.45) is 0.0457. The zero-order chi connectivity index (χ0) is 23.3. The largest absolute Gasteiger partial charge is 0.312 e. The van der Waals surface area contributed by atoms with Crippen molar-refractivity contribution in [2.24, 2.45) is 5.92 Å². The number of nitrogens with one attached hydrogen (secondary N) is 1. The predicted octanol–water partition coefficient (Wildman–Crippen LogP) is 3.60. The van der Waals surface area contributed by atoms with Gasteiger partial charge in [-0.3, -0.25) is 9.59 Å². The number of hydrogen-bond acceptors (Lipinski definition) is 5. The van der Waals surface area contributed by atoms with Gasteiger partial charge in [-0.05, 0) is 48.5 Å². The van der Waals surface area contributed by atoms with E-state index >= 15 is 0 Å². The molecule has 5 rings (SSSR count). The number of rotatable bonds is 4. The van der Waals surface area contributed by atoms with Crippen molar-refractivity contribution in [1.29, 1.82) is 0 Å². The minimum Gasteiger partial charge on any atom is -0.312 e. The number of carbonyl (C=O) groups excluding carboxylic acids is 2. The van der Waals surface area contributed by atoms with Gasteiger partial charge >= 0.3 is 0 Å². The molecule has 0 radical (unpaired) electrons. The van der Waals surface area contributed by atoms with Crippen LogP contribution in [0.2, 0.25) is 10.0 Å². The summed E-state index contributed by atoms with van der Waals surface area (Å²) in [5.74, 6) is -1.23. The summed E-state index contributed by atoms with van der Waals surface area (Å²) in [4.78, 5) is 27.3. The van der Waals surface area contributed by atoms with E-state index in [4.69, 9.17) is 23.2 Å². The Hall–Kier alpha value is -2.88. The van der Waals surface area contributed by atoms with E-state index in [9.17, 15) is 18.0 Å². The second kappa shape index (κ2) is 8.16. The molecule has 2 aromatic carbocycles. The van der Waals surface area contributed by atoms with Crippen LogP contribution in [0.4, 0.5) is 11.5 Å². The molecular weight excluding hydrogens is 487 g/mol. The molecule has 170 valence electrons.